The summed E-state index contributed by atoms with van der Waals surface area (Å²) in [4.78, 5) is 11.2. The Morgan fingerprint density at radius 2 is 2.15 bits per heavy atom. The average molecular weight is 184 g/mol. The maximum atomic E-state index is 11.2. The van der Waals surface area contributed by atoms with Gasteiger partial charge in [0.05, 0.1) is 6.54 Å². The molecule has 0 heterocycles. The first-order chi connectivity index (χ1) is 6.10. The predicted octanol–water partition coefficient (Wildman–Crippen LogP) is 1.07. The third-order valence-corrected chi connectivity index (χ3v) is 1.96. The molecule has 0 aromatic carbocycles. The van der Waals surface area contributed by atoms with Gasteiger partial charge in [-0.25, -0.2) is 0 Å². The number of nitrogens with one attached hydrogen (secondary N) is 2. The van der Waals surface area contributed by atoms with Crippen molar-refractivity contribution in [3.8, 4) is 0 Å². The van der Waals surface area contributed by atoms with Crippen LogP contribution in [0.15, 0.2) is 12.7 Å². The van der Waals surface area contributed by atoms with Gasteiger partial charge in [0.25, 0.3) is 0 Å². The van der Waals surface area contributed by atoms with Crippen molar-refractivity contribution in [2.75, 3.05) is 6.54 Å². The van der Waals surface area contributed by atoms with E-state index in [2.05, 4.69) is 17.2 Å². The molecular weight excluding hydrogens is 164 g/mol. The molecule has 0 rings (SSSR count). The number of hydrogen-bond donors (Lipinski definition) is 2. The smallest absolute Gasteiger partial charge is 0.234 e. The van der Waals surface area contributed by atoms with Crippen molar-refractivity contribution in [3.05, 3.63) is 12.7 Å². The Labute approximate surface area is 80.6 Å². The lowest BCUT2D eigenvalue weighted by Crippen LogP contribution is -2.40. The summed E-state index contributed by atoms with van der Waals surface area (Å²) in [6.45, 7) is 9.98. The molecule has 2 unspecified atom stereocenters. The van der Waals surface area contributed by atoms with E-state index in [-0.39, 0.29) is 18.0 Å². The van der Waals surface area contributed by atoms with E-state index in [1.165, 1.54) is 0 Å². The lowest BCUT2D eigenvalue weighted by Gasteiger charge is -2.13. The third-order valence-electron chi connectivity index (χ3n) is 1.96. The molecule has 2 atom stereocenters. The van der Waals surface area contributed by atoms with Crippen molar-refractivity contribution in [2.45, 2.75) is 39.3 Å². The van der Waals surface area contributed by atoms with Gasteiger partial charge in [-0.1, -0.05) is 13.0 Å². The van der Waals surface area contributed by atoms with E-state index in [9.17, 15) is 4.79 Å². The number of carbonyl (C=O) groups excluding carboxylic acids is 1. The number of carbonyl (C=O) groups is 1. The molecule has 0 spiro atoms. The minimum Gasteiger partial charge on any atom is -0.353 e. The van der Waals surface area contributed by atoms with E-state index in [0.717, 1.165) is 6.42 Å². The van der Waals surface area contributed by atoms with E-state index in [0.29, 0.717) is 6.54 Å². The molecule has 2 N–H and O–H groups in total. The lowest BCUT2D eigenvalue weighted by molar-refractivity contribution is -0.120. The molecule has 1 amide bonds. The maximum absolute atomic E-state index is 11.2. The molecule has 0 bridgehead atoms. The predicted molar refractivity (Wildman–Crippen MR) is 55.6 cm³/mol. The maximum Gasteiger partial charge on any atom is 0.234 e. The molecule has 0 saturated carbocycles. The minimum atomic E-state index is 0.0445. The molecule has 0 aliphatic carbocycles. The molecule has 0 saturated heterocycles. The molecule has 0 radical (unpaired) electrons. The quantitative estimate of drug-likeness (QED) is 0.606. The van der Waals surface area contributed by atoms with Crippen LogP contribution in [0.1, 0.15) is 27.2 Å². The zero-order chi connectivity index (χ0) is 10.3. The van der Waals surface area contributed by atoms with Gasteiger partial charge in [0.2, 0.25) is 5.91 Å². The molecule has 3 heteroatoms. The highest BCUT2D eigenvalue weighted by molar-refractivity contribution is 5.78. The summed E-state index contributed by atoms with van der Waals surface area (Å²) in [5.41, 5.74) is 0. The van der Waals surface area contributed by atoms with Crippen molar-refractivity contribution in [1.82, 2.24) is 10.6 Å². The van der Waals surface area contributed by atoms with E-state index in [1.54, 1.807) is 6.08 Å². The van der Waals surface area contributed by atoms with Gasteiger partial charge in [-0.05, 0) is 20.3 Å². The summed E-state index contributed by atoms with van der Waals surface area (Å²) < 4.78 is 0. The zero-order valence-electron chi connectivity index (χ0n) is 8.76. The monoisotopic (exact) mass is 184 g/mol. The number of rotatable bonds is 6. The van der Waals surface area contributed by atoms with Gasteiger partial charge in [-0.2, -0.15) is 0 Å². The fourth-order valence-electron chi connectivity index (χ4n) is 0.765. The largest absolute Gasteiger partial charge is 0.353 e. The van der Waals surface area contributed by atoms with Gasteiger partial charge in [0.15, 0.2) is 0 Å². The van der Waals surface area contributed by atoms with Crippen molar-refractivity contribution >= 4 is 5.91 Å². The first-order valence-electron chi connectivity index (χ1n) is 4.75. The second kappa shape index (κ2) is 6.66. The Balaban J connectivity index is 3.57. The highest BCUT2D eigenvalue weighted by atomic mass is 16.1. The molecule has 0 fully saturated rings. The fraction of sp³-hybridized carbons (Fsp3) is 0.700. The molecule has 0 aliphatic rings. The number of hydrogen-bond acceptors (Lipinski definition) is 2. The van der Waals surface area contributed by atoms with Crippen LogP contribution in [0.2, 0.25) is 0 Å². The molecule has 3 nitrogen and oxygen atoms in total. The summed E-state index contributed by atoms with van der Waals surface area (Å²) in [6, 6.07) is 0.441. The highest BCUT2D eigenvalue weighted by Crippen LogP contribution is 1.87. The Morgan fingerprint density at radius 3 is 2.62 bits per heavy atom. The summed E-state index contributed by atoms with van der Waals surface area (Å²) in [5.74, 6) is 0.0445. The van der Waals surface area contributed by atoms with Gasteiger partial charge in [0.1, 0.15) is 0 Å². The summed E-state index contributed by atoms with van der Waals surface area (Å²) >= 11 is 0. The molecular formula is C10H20N2O. The molecule has 0 aliphatic heterocycles. The standard InChI is InChI=1S/C10H20N2O/c1-5-8(3)11-7-10(13)12-9(4)6-2/h5,8-9,11H,1,6-7H2,2-4H3,(H,12,13). The molecule has 76 valence electrons. The Bertz CT molecular complexity index is 168. The van der Waals surface area contributed by atoms with Crippen molar-refractivity contribution in [1.29, 1.82) is 0 Å². The highest BCUT2D eigenvalue weighted by Gasteiger charge is 2.05. The van der Waals surface area contributed by atoms with Gasteiger partial charge in [-0.15, -0.1) is 6.58 Å². The van der Waals surface area contributed by atoms with Crippen LogP contribution >= 0.6 is 0 Å². The summed E-state index contributed by atoms with van der Waals surface area (Å²) in [5, 5.41) is 5.90. The van der Waals surface area contributed by atoms with Crippen LogP contribution in [0.5, 0.6) is 0 Å². The van der Waals surface area contributed by atoms with E-state index < -0.39 is 0 Å². The van der Waals surface area contributed by atoms with Gasteiger partial charge < -0.3 is 10.6 Å². The Hall–Kier alpha value is -0.830. The number of amides is 1. The van der Waals surface area contributed by atoms with Crippen molar-refractivity contribution in [3.63, 3.8) is 0 Å². The first kappa shape index (κ1) is 12.2. The van der Waals surface area contributed by atoms with Gasteiger partial charge in [-0.3, -0.25) is 4.79 Å². The molecule has 0 aromatic heterocycles. The van der Waals surface area contributed by atoms with Crippen LogP contribution in [0, 0.1) is 0 Å². The summed E-state index contributed by atoms with van der Waals surface area (Å²) in [6.07, 6.45) is 2.74. The summed E-state index contributed by atoms with van der Waals surface area (Å²) in [7, 11) is 0. The molecule has 0 aromatic rings. The normalized spacial score (nSPS) is 14.7. The Morgan fingerprint density at radius 1 is 1.54 bits per heavy atom. The lowest BCUT2D eigenvalue weighted by atomic mass is 10.2. The average Bonchev–Trinajstić information content (AvgIpc) is 2.13. The van der Waals surface area contributed by atoms with Crippen LogP contribution in [0.3, 0.4) is 0 Å². The van der Waals surface area contributed by atoms with Crippen LogP contribution in [0.25, 0.3) is 0 Å². The van der Waals surface area contributed by atoms with Gasteiger partial charge in [0, 0.05) is 12.1 Å². The van der Waals surface area contributed by atoms with Crippen LogP contribution in [-0.2, 0) is 4.79 Å². The van der Waals surface area contributed by atoms with Crippen molar-refractivity contribution in [2.24, 2.45) is 0 Å². The molecule has 13 heavy (non-hydrogen) atoms. The van der Waals surface area contributed by atoms with E-state index in [4.69, 9.17) is 0 Å². The van der Waals surface area contributed by atoms with Crippen LogP contribution in [0.4, 0.5) is 0 Å². The van der Waals surface area contributed by atoms with Gasteiger partial charge >= 0.3 is 0 Å². The topological polar surface area (TPSA) is 41.1 Å². The first-order valence-corrected chi connectivity index (χ1v) is 4.75. The fourth-order valence-corrected chi connectivity index (χ4v) is 0.765. The minimum absolute atomic E-state index is 0.0445. The second-order valence-electron chi connectivity index (χ2n) is 3.28. The Kier molecular flexibility index (Phi) is 6.24. The van der Waals surface area contributed by atoms with Crippen molar-refractivity contribution < 1.29 is 4.79 Å². The van der Waals surface area contributed by atoms with Crippen LogP contribution in [-0.4, -0.2) is 24.5 Å². The van der Waals surface area contributed by atoms with Crippen LogP contribution < -0.4 is 10.6 Å². The third kappa shape index (κ3) is 6.34. The second-order valence-corrected chi connectivity index (χ2v) is 3.28. The van der Waals surface area contributed by atoms with E-state index in [1.807, 2.05) is 20.8 Å². The SMILES string of the molecule is C=CC(C)NCC(=O)NC(C)CC. The van der Waals surface area contributed by atoms with E-state index >= 15 is 0 Å². The zero-order valence-corrected chi connectivity index (χ0v) is 8.76.